The van der Waals surface area contributed by atoms with E-state index in [9.17, 15) is 9.59 Å². The molecule has 0 unspecified atom stereocenters. The lowest BCUT2D eigenvalue weighted by molar-refractivity contribution is -0.141. The summed E-state index contributed by atoms with van der Waals surface area (Å²) in [4.78, 5) is 21.8. The Kier molecular flexibility index (Phi) is 4.15. The minimum atomic E-state index is -0.793. The average molecular weight is 213 g/mol. The van der Waals surface area contributed by atoms with Gasteiger partial charge in [0.1, 0.15) is 6.61 Å². The molecule has 1 aliphatic rings. The van der Waals surface area contributed by atoms with E-state index in [-0.39, 0.29) is 18.6 Å². The first kappa shape index (κ1) is 11.6. The second kappa shape index (κ2) is 5.38. The summed E-state index contributed by atoms with van der Waals surface area (Å²) in [6.07, 6.45) is 2.76. The minimum Gasteiger partial charge on any atom is -0.481 e. The van der Waals surface area contributed by atoms with Crippen molar-refractivity contribution < 1.29 is 19.4 Å². The van der Waals surface area contributed by atoms with Crippen molar-refractivity contribution >= 4 is 12.1 Å². The van der Waals surface area contributed by atoms with E-state index in [0.717, 1.165) is 0 Å². The van der Waals surface area contributed by atoms with Gasteiger partial charge in [-0.25, -0.2) is 4.79 Å². The molecule has 15 heavy (non-hydrogen) atoms. The van der Waals surface area contributed by atoms with Crippen LogP contribution in [0.4, 0.5) is 4.79 Å². The maximum atomic E-state index is 11.1. The maximum Gasteiger partial charge on any atom is 0.407 e. The van der Waals surface area contributed by atoms with Gasteiger partial charge in [0.05, 0.1) is 5.92 Å². The summed E-state index contributed by atoms with van der Waals surface area (Å²) >= 11 is 0. The van der Waals surface area contributed by atoms with Crippen LogP contribution in [0.15, 0.2) is 12.7 Å². The Morgan fingerprint density at radius 1 is 1.53 bits per heavy atom. The monoisotopic (exact) mass is 213 g/mol. The molecule has 1 rings (SSSR count). The molecule has 0 aromatic heterocycles. The quantitative estimate of drug-likeness (QED) is 0.687. The molecule has 84 valence electrons. The van der Waals surface area contributed by atoms with E-state index >= 15 is 0 Å². The summed E-state index contributed by atoms with van der Waals surface area (Å²) in [6, 6.07) is -0.0802. The molecule has 0 aromatic rings. The second-order valence-electron chi connectivity index (χ2n) is 3.58. The van der Waals surface area contributed by atoms with E-state index in [1.807, 2.05) is 0 Å². The van der Waals surface area contributed by atoms with E-state index in [4.69, 9.17) is 9.84 Å². The number of amides is 1. The summed E-state index contributed by atoms with van der Waals surface area (Å²) in [5, 5.41) is 11.4. The van der Waals surface area contributed by atoms with Crippen LogP contribution in [0.5, 0.6) is 0 Å². The fourth-order valence-electron chi connectivity index (χ4n) is 1.68. The van der Waals surface area contributed by atoms with Crippen molar-refractivity contribution in [2.75, 3.05) is 6.61 Å². The number of carbonyl (C=O) groups excluding carboxylic acids is 1. The molecular weight excluding hydrogens is 198 g/mol. The number of hydrogen-bond donors (Lipinski definition) is 2. The summed E-state index contributed by atoms with van der Waals surface area (Å²) < 4.78 is 4.73. The Morgan fingerprint density at radius 3 is 2.80 bits per heavy atom. The van der Waals surface area contributed by atoms with E-state index in [0.29, 0.717) is 19.3 Å². The van der Waals surface area contributed by atoms with Crippen molar-refractivity contribution in [2.45, 2.75) is 25.3 Å². The fourth-order valence-corrected chi connectivity index (χ4v) is 1.68. The normalized spacial score (nSPS) is 24.5. The topological polar surface area (TPSA) is 75.6 Å². The second-order valence-corrected chi connectivity index (χ2v) is 3.58. The van der Waals surface area contributed by atoms with Gasteiger partial charge in [0.2, 0.25) is 0 Å². The molecular formula is C10H15NO4. The predicted octanol–water partition coefficient (Wildman–Crippen LogP) is 1.15. The fraction of sp³-hybridized carbons (Fsp3) is 0.600. The largest absolute Gasteiger partial charge is 0.481 e. The highest BCUT2D eigenvalue weighted by molar-refractivity contribution is 5.71. The highest BCUT2D eigenvalue weighted by Crippen LogP contribution is 2.25. The van der Waals surface area contributed by atoms with Gasteiger partial charge in [-0.05, 0) is 19.3 Å². The number of rotatable bonds is 4. The van der Waals surface area contributed by atoms with Crippen LogP contribution in [0.1, 0.15) is 19.3 Å². The van der Waals surface area contributed by atoms with Crippen LogP contribution in [0.25, 0.3) is 0 Å². The van der Waals surface area contributed by atoms with Gasteiger partial charge < -0.3 is 15.2 Å². The van der Waals surface area contributed by atoms with Crippen molar-refractivity contribution in [3.05, 3.63) is 12.7 Å². The molecule has 2 N–H and O–H groups in total. The molecule has 0 heterocycles. The SMILES string of the molecule is C=CCOC(=O)N[C@@H]1CC[C@H](C(=O)O)C1. The Morgan fingerprint density at radius 2 is 2.27 bits per heavy atom. The first-order valence-electron chi connectivity index (χ1n) is 4.90. The summed E-state index contributed by atoms with van der Waals surface area (Å²) in [6.45, 7) is 3.58. The van der Waals surface area contributed by atoms with Gasteiger partial charge >= 0.3 is 12.1 Å². The third-order valence-electron chi connectivity index (χ3n) is 2.44. The van der Waals surface area contributed by atoms with Gasteiger partial charge in [0.15, 0.2) is 0 Å². The lowest BCUT2D eigenvalue weighted by Crippen LogP contribution is -2.33. The van der Waals surface area contributed by atoms with Crippen LogP contribution >= 0.6 is 0 Å². The summed E-state index contributed by atoms with van der Waals surface area (Å²) in [7, 11) is 0. The Balaban J connectivity index is 2.26. The van der Waals surface area contributed by atoms with Gasteiger partial charge in [-0.15, -0.1) is 0 Å². The van der Waals surface area contributed by atoms with Crippen molar-refractivity contribution in [1.82, 2.24) is 5.32 Å². The van der Waals surface area contributed by atoms with Crippen LogP contribution in [0.3, 0.4) is 0 Å². The smallest absolute Gasteiger partial charge is 0.407 e. The Labute approximate surface area is 88.1 Å². The molecule has 0 saturated heterocycles. The van der Waals surface area contributed by atoms with Gasteiger partial charge in [-0.1, -0.05) is 12.7 Å². The molecule has 0 aromatic carbocycles. The maximum absolute atomic E-state index is 11.1. The molecule has 1 fully saturated rings. The van der Waals surface area contributed by atoms with E-state index in [2.05, 4.69) is 11.9 Å². The Bertz CT molecular complexity index is 264. The van der Waals surface area contributed by atoms with Crippen LogP contribution in [-0.4, -0.2) is 29.8 Å². The lowest BCUT2D eigenvalue weighted by atomic mass is 10.1. The molecule has 0 spiro atoms. The van der Waals surface area contributed by atoms with Crippen molar-refractivity contribution in [3.8, 4) is 0 Å². The lowest BCUT2D eigenvalue weighted by Gasteiger charge is -2.11. The molecule has 5 heteroatoms. The third-order valence-corrected chi connectivity index (χ3v) is 2.44. The number of nitrogens with one attached hydrogen (secondary N) is 1. The van der Waals surface area contributed by atoms with E-state index < -0.39 is 12.1 Å². The third kappa shape index (κ3) is 3.61. The first-order chi connectivity index (χ1) is 7.13. The summed E-state index contributed by atoms with van der Waals surface area (Å²) in [5.41, 5.74) is 0. The number of carbonyl (C=O) groups is 2. The number of alkyl carbamates (subject to hydrolysis) is 1. The molecule has 0 aliphatic heterocycles. The van der Waals surface area contributed by atoms with Crippen molar-refractivity contribution in [2.24, 2.45) is 5.92 Å². The van der Waals surface area contributed by atoms with Gasteiger partial charge in [-0.3, -0.25) is 4.79 Å². The van der Waals surface area contributed by atoms with Crippen LogP contribution in [0, 0.1) is 5.92 Å². The molecule has 0 bridgehead atoms. The molecule has 2 atom stereocenters. The van der Waals surface area contributed by atoms with Crippen LogP contribution in [-0.2, 0) is 9.53 Å². The van der Waals surface area contributed by atoms with Gasteiger partial charge in [-0.2, -0.15) is 0 Å². The molecule has 5 nitrogen and oxygen atoms in total. The van der Waals surface area contributed by atoms with Gasteiger partial charge in [0, 0.05) is 6.04 Å². The number of aliphatic carboxylic acids is 1. The van der Waals surface area contributed by atoms with Crippen molar-refractivity contribution in [3.63, 3.8) is 0 Å². The average Bonchev–Trinajstić information content (AvgIpc) is 2.63. The van der Waals surface area contributed by atoms with E-state index in [1.54, 1.807) is 0 Å². The molecule has 1 saturated carbocycles. The highest BCUT2D eigenvalue weighted by Gasteiger charge is 2.30. The predicted molar refractivity (Wildman–Crippen MR) is 53.4 cm³/mol. The zero-order valence-electron chi connectivity index (χ0n) is 8.44. The summed E-state index contributed by atoms with van der Waals surface area (Å²) in [5.74, 6) is -1.13. The van der Waals surface area contributed by atoms with Crippen molar-refractivity contribution in [1.29, 1.82) is 0 Å². The number of carboxylic acid groups (broad SMARTS) is 1. The zero-order valence-corrected chi connectivity index (χ0v) is 8.44. The molecule has 0 radical (unpaired) electrons. The Hall–Kier alpha value is -1.52. The highest BCUT2D eigenvalue weighted by atomic mass is 16.5. The van der Waals surface area contributed by atoms with Gasteiger partial charge in [0.25, 0.3) is 0 Å². The molecule has 1 amide bonds. The minimum absolute atomic E-state index is 0.0802. The number of carboxylic acids is 1. The molecule has 1 aliphatic carbocycles. The van der Waals surface area contributed by atoms with Crippen LogP contribution < -0.4 is 5.32 Å². The zero-order chi connectivity index (χ0) is 11.3. The van der Waals surface area contributed by atoms with Crippen LogP contribution in [0.2, 0.25) is 0 Å². The first-order valence-corrected chi connectivity index (χ1v) is 4.90. The number of hydrogen-bond acceptors (Lipinski definition) is 3. The standard InChI is InChI=1S/C10H15NO4/c1-2-5-15-10(14)11-8-4-3-7(6-8)9(12)13/h2,7-8H,1,3-6H2,(H,11,14)(H,12,13)/t7-,8+/m0/s1. The number of ether oxygens (including phenoxy) is 1. The van der Waals surface area contributed by atoms with E-state index in [1.165, 1.54) is 6.08 Å².